The van der Waals surface area contributed by atoms with E-state index >= 15 is 0 Å². The first-order valence-electron chi connectivity index (χ1n) is 8.95. The standard InChI is InChI=1S/C22H23N3O2/c1-4-23-21(26)17-9-8-10-18(14-17)24-22(27)20-13-15(2)25(16(20)3)19-11-6-5-7-12-19/h5-14H,4H2,1-3H3,(H,23,26)(H,24,27). The molecule has 0 saturated carbocycles. The Hall–Kier alpha value is -3.34. The Morgan fingerprint density at radius 3 is 2.37 bits per heavy atom. The third-order valence-corrected chi connectivity index (χ3v) is 4.41. The molecule has 27 heavy (non-hydrogen) atoms. The lowest BCUT2D eigenvalue weighted by Gasteiger charge is -2.10. The molecule has 2 amide bonds. The van der Waals surface area contributed by atoms with Crippen LogP contribution < -0.4 is 10.6 Å². The Kier molecular flexibility index (Phi) is 5.41. The summed E-state index contributed by atoms with van der Waals surface area (Å²) < 4.78 is 2.06. The number of hydrogen-bond donors (Lipinski definition) is 2. The van der Waals surface area contributed by atoms with Gasteiger partial charge in [0.25, 0.3) is 11.8 Å². The molecule has 5 heteroatoms. The minimum Gasteiger partial charge on any atom is -0.352 e. The van der Waals surface area contributed by atoms with Crippen molar-refractivity contribution in [3.63, 3.8) is 0 Å². The number of carbonyl (C=O) groups is 2. The molecule has 0 bridgehead atoms. The van der Waals surface area contributed by atoms with Crippen LogP contribution in [-0.2, 0) is 0 Å². The van der Waals surface area contributed by atoms with Crippen molar-refractivity contribution in [2.75, 3.05) is 11.9 Å². The number of benzene rings is 2. The summed E-state index contributed by atoms with van der Waals surface area (Å²) in [7, 11) is 0. The number of amides is 2. The zero-order valence-corrected chi connectivity index (χ0v) is 15.7. The van der Waals surface area contributed by atoms with Gasteiger partial charge in [-0.1, -0.05) is 24.3 Å². The van der Waals surface area contributed by atoms with E-state index in [1.807, 2.05) is 57.2 Å². The minimum atomic E-state index is -0.196. The smallest absolute Gasteiger partial charge is 0.257 e. The number of nitrogens with one attached hydrogen (secondary N) is 2. The van der Waals surface area contributed by atoms with Crippen molar-refractivity contribution in [3.8, 4) is 5.69 Å². The van der Waals surface area contributed by atoms with Gasteiger partial charge in [-0.15, -0.1) is 0 Å². The summed E-state index contributed by atoms with van der Waals surface area (Å²) in [6, 6.07) is 18.8. The average Bonchev–Trinajstić information content (AvgIpc) is 2.97. The van der Waals surface area contributed by atoms with E-state index in [2.05, 4.69) is 15.2 Å². The highest BCUT2D eigenvalue weighted by atomic mass is 16.2. The van der Waals surface area contributed by atoms with Crippen molar-refractivity contribution in [1.82, 2.24) is 9.88 Å². The fourth-order valence-corrected chi connectivity index (χ4v) is 3.17. The fourth-order valence-electron chi connectivity index (χ4n) is 3.17. The molecule has 0 fully saturated rings. The van der Waals surface area contributed by atoms with Crippen molar-refractivity contribution in [3.05, 3.63) is 83.2 Å². The highest BCUT2D eigenvalue weighted by Gasteiger charge is 2.17. The Balaban J connectivity index is 1.86. The number of hydrogen-bond acceptors (Lipinski definition) is 2. The molecule has 3 aromatic rings. The number of anilines is 1. The Morgan fingerprint density at radius 1 is 0.926 bits per heavy atom. The number of carbonyl (C=O) groups excluding carboxylic acids is 2. The minimum absolute atomic E-state index is 0.157. The molecule has 0 saturated heterocycles. The summed E-state index contributed by atoms with van der Waals surface area (Å²) in [4.78, 5) is 24.8. The van der Waals surface area contributed by atoms with Crippen LogP contribution in [0, 0.1) is 13.8 Å². The molecule has 0 aliphatic carbocycles. The van der Waals surface area contributed by atoms with Gasteiger partial charge in [0.05, 0.1) is 5.56 Å². The van der Waals surface area contributed by atoms with E-state index in [0.717, 1.165) is 17.1 Å². The largest absolute Gasteiger partial charge is 0.352 e. The van der Waals surface area contributed by atoms with Crippen LogP contribution in [-0.4, -0.2) is 22.9 Å². The highest BCUT2D eigenvalue weighted by molar-refractivity contribution is 6.06. The van der Waals surface area contributed by atoms with Crippen molar-refractivity contribution in [2.45, 2.75) is 20.8 Å². The topological polar surface area (TPSA) is 63.1 Å². The van der Waals surface area contributed by atoms with Crippen LogP contribution in [0.5, 0.6) is 0 Å². The van der Waals surface area contributed by atoms with E-state index in [1.165, 1.54) is 0 Å². The van der Waals surface area contributed by atoms with Gasteiger partial charge in [0, 0.05) is 34.9 Å². The lowest BCUT2D eigenvalue weighted by molar-refractivity contribution is 0.0954. The monoisotopic (exact) mass is 361 g/mol. The van der Waals surface area contributed by atoms with Crippen LogP contribution in [0.1, 0.15) is 39.0 Å². The maximum atomic E-state index is 12.8. The molecule has 1 aromatic heterocycles. The predicted octanol–water partition coefficient (Wildman–Crippen LogP) is 4.10. The maximum absolute atomic E-state index is 12.8. The average molecular weight is 361 g/mol. The number of nitrogens with zero attached hydrogens (tertiary/aromatic N) is 1. The van der Waals surface area contributed by atoms with Crippen molar-refractivity contribution in [2.24, 2.45) is 0 Å². The predicted molar refractivity (Wildman–Crippen MR) is 108 cm³/mol. The van der Waals surface area contributed by atoms with E-state index in [-0.39, 0.29) is 11.8 Å². The Bertz CT molecular complexity index is 974. The van der Waals surface area contributed by atoms with Crippen molar-refractivity contribution in [1.29, 1.82) is 0 Å². The molecular weight excluding hydrogens is 338 g/mol. The van der Waals surface area contributed by atoms with Crippen LogP contribution in [0.15, 0.2) is 60.7 Å². The molecule has 5 nitrogen and oxygen atoms in total. The summed E-state index contributed by atoms with van der Waals surface area (Å²) in [6.07, 6.45) is 0. The van der Waals surface area contributed by atoms with Gasteiger partial charge in [-0.3, -0.25) is 9.59 Å². The maximum Gasteiger partial charge on any atom is 0.257 e. The number of aryl methyl sites for hydroxylation is 1. The third-order valence-electron chi connectivity index (χ3n) is 4.41. The summed E-state index contributed by atoms with van der Waals surface area (Å²) in [5.74, 6) is -0.353. The lowest BCUT2D eigenvalue weighted by atomic mass is 10.1. The van der Waals surface area contributed by atoms with Crippen LogP contribution in [0.2, 0.25) is 0 Å². The van der Waals surface area contributed by atoms with E-state index in [4.69, 9.17) is 0 Å². The molecule has 0 spiro atoms. The first kappa shape index (κ1) is 18.5. The van der Waals surface area contributed by atoms with Gasteiger partial charge < -0.3 is 15.2 Å². The molecule has 138 valence electrons. The normalized spacial score (nSPS) is 10.5. The van der Waals surface area contributed by atoms with E-state index in [0.29, 0.717) is 23.4 Å². The van der Waals surface area contributed by atoms with Crippen LogP contribution in [0.4, 0.5) is 5.69 Å². The van der Waals surface area contributed by atoms with Crippen molar-refractivity contribution < 1.29 is 9.59 Å². The molecule has 0 radical (unpaired) electrons. The molecule has 0 unspecified atom stereocenters. The number of aromatic nitrogens is 1. The van der Waals surface area contributed by atoms with E-state index < -0.39 is 0 Å². The molecule has 3 rings (SSSR count). The Morgan fingerprint density at radius 2 is 1.67 bits per heavy atom. The number of rotatable bonds is 5. The van der Waals surface area contributed by atoms with E-state index in [9.17, 15) is 9.59 Å². The summed E-state index contributed by atoms with van der Waals surface area (Å²) in [6.45, 7) is 6.33. The van der Waals surface area contributed by atoms with Gasteiger partial charge in [0.2, 0.25) is 0 Å². The molecule has 2 aromatic carbocycles. The summed E-state index contributed by atoms with van der Waals surface area (Å²) in [5, 5.41) is 5.65. The quantitative estimate of drug-likeness (QED) is 0.719. The highest BCUT2D eigenvalue weighted by Crippen LogP contribution is 2.22. The summed E-state index contributed by atoms with van der Waals surface area (Å²) in [5.41, 5.74) is 4.60. The zero-order valence-electron chi connectivity index (χ0n) is 15.7. The second-order valence-corrected chi connectivity index (χ2v) is 6.35. The molecule has 0 aliphatic heterocycles. The van der Waals surface area contributed by atoms with Crippen LogP contribution >= 0.6 is 0 Å². The second kappa shape index (κ2) is 7.91. The number of para-hydroxylation sites is 1. The molecule has 0 aliphatic rings. The van der Waals surface area contributed by atoms with Gasteiger partial charge in [-0.25, -0.2) is 0 Å². The summed E-state index contributed by atoms with van der Waals surface area (Å²) >= 11 is 0. The van der Waals surface area contributed by atoms with E-state index in [1.54, 1.807) is 24.3 Å². The van der Waals surface area contributed by atoms with Gasteiger partial charge in [-0.05, 0) is 57.2 Å². The van der Waals surface area contributed by atoms with Crippen molar-refractivity contribution >= 4 is 17.5 Å². The molecular formula is C22H23N3O2. The van der Waals surface area contributed by atoms with Gasteiger partial charge >= 0.3 is 0 Å². The zero-order chi connectivity index (χ0) is 19.4. The van der Waals surface area contributed by atoms with Gasteiger partial charge in [-0.2, -0.15) is 0 Å². The lowest BCUT2D eigenvalue weighted by Crippen LogP contribution is -2.22. The van der Waals surface area contributed by atoms with Crippen LogP contribution in [0.25, 0.3) is 5.69 Å². The molecule has 1 heterocycles. The third kappa shape index (κ3) is 3.92. The fraction of sp³-hybridized carbons (Fsp3) is 0.182. The first-order chi connectivity index (χ1) is 13.0. The second-order valence-electron chi connectivity index (χ2n) is 6.35. The molecule has 2 N–H and O–H groups in total. The van der Waals surface area contributed by atoms with Gasteiger partial charge in [0.15, 0.2) is 0 Å². The Labute approximate surface area is 159 Å². The SMILES string of the molecule is CCNC(=O)c1cccc(NC(=O)c2cc(C)n(-c3ccccc3)c2C)c1. The van der Waals surface area contributed by atoms with Gasteiger partial charge in [0.1, 0.15) is 0 Å². The van der Waals surface area contributed by atoms with Crippen LogP contribution in [0.3, 0.4) is 0 Å². The first-order valence-corrected chi connectivity index (χ1v) is 8.95. The molecule has 0 atom stereocenters.